The van der Waals surface area contributed by atoms with Crippen LogP contribution in [0.5, 0.6) is 0 Å². The van der Waals surface area contributed by atoms with Crippen molar-refractivity contribution in [1.82, 2.24) is 4.57 Å². The number of carbonyl (C=O) groups is 3. The summed E-state index contributed by atoms with van der Waals surface area (Å²) in [7, 11) is 0. The number of rotatable bonds is 7. The fraction of sp³-hybridized carbons (Fsp3) is 0.481. The number of nitrogens with zero attached hydrogens (tertiary/aromatic N) is 3. The summed E-state index contributed by atoms with van der Waals surface area (Å²) in [6, 6.07) is 10.1. The summed E-state index contributed by atoms with van der Waals surface area (Å²) in [4.78, 5) is 39.7. The van der Waals surface area contributed by atoms with Crippen LogP contribution in [0.25, 0.3) is 0 Å². The van der Waals surface area contributed by atoms with Crippen molar-refractivity contribution in [1.29, 1.82) is 5.26 Å². The summed E-state index contributed by atoms with van der Waals surface area (Å²) in [5, 5.41) is 12.5. The summed E-state index contributed by atoms with van der Waals surface area (Å²) < 4.78 is 7.36. The molecule has 35 heavy (non-hydrogen) atoms. The highest BCUT2D eigenvalue weighted by molar-refractivity contribution is 6.00. The maximum Gasteiger partial charge on any atom is 0.311 e. The molecule has 2 aliphatic rings. The van der Waals surface area contributed by atoms with E-state index in [4.69, 9.17) is 4.74 Å². The molecule has 2 heterocycles. The monoisotopic (exact) mass is 476 g/mol. The maximum absolute atomic E-state index is 12.7. The zero-order valence-corrected chi connectivity index (χ0v) is 20.6. The van der Waals surface area contributed by atoms with Gasteiger partial charge in [0.2, 0.25) is 5.91 Å². The fourth-order valence-corrected chi connectivity index (χ4v) is 5.30. The van der Waals surface area contributed by atoms with Crippen LogP contribution in [-0.4, -0.2) is 35.5 Å². The Morgan fingerprint density at radius 2 is 1.91 bits per heavy atom. The van der Waals surface area contributed by atoms with Gasteiger partial charge in [0.15, 0.2) is 6.61 Å². The highest BCUT2D eigenvalue weighted by Crippen LogP contribution is 2.37. The molecule has 1 aromatic heterocycles. The minimum Gasteiger partial charge on any atom is -0.455 e. The van der Waals surface area contributed by atoms with Crippen molar-refractivity contribution in [2.24, 2.45) is 5.92 Å². The minimum atomic E-state index is -0.623. The van der Waals surface area contributed by atoms with Gasteiger partial charge in [-0.1, -0.05) is 38.0 Å². The van der Waals surface area contributed by atoms with Crippen molar-refractivity contribution in [3.8, 4) is 6.07 Å². The summed E-state index contributed by atoms with van der Waals surface area (Å²) in [6.07, 6.45) is 5.08. The van der Waals surface area contributed by atoms with Crippen LogP contribution in [0.3, 0.4) is 0 Å². The molecular weight excluding hydrogens is 444 g/mol. The molecule has 1 unspecified atom stereocenters. The van der Waals surface area contributed by atoms with E-state index in [1.807, 2.05) is 45.0 Å². The molecule has 1 N–H and O–H groups in total. The van der Waals surface area contributed by atoms with Crippen LogP contribution in [0.4, 0.5) is 11.5 Å². The van der Waals surface area contributed by atoms with Gasteiger partial charge in [-0.2, -0.15) is 5.26 Å². The van der Waals surface area contributed by atoms with Crippen molar-refractivity contribution in [2.45, 2.75) is 65.3 Å². The number of nitriles is 1. The first-order chi connectivity index (χ1) is 16.8. The van der Waals surface area contributed by atoms with Crippen LogP contribution in [-0.2, 0) is 25.5 Å². The summed E-state index contributed by atoms with van der Waals surface area (Å²) in [6.45, 7) is 5.64. The first kappa shape index (κ1) is 24.5. The molecule has 0 spiro atoms. The van der Waals surface area contributed by atoms with Gasteiger partial charge in [0, 0.05) is 30.4 Å². The van der Waals surface area contributed by atoms with Gasteiger partial charge in [0.25, 0.3) is 5.91 Å². The van der Waals surface area contributed by atoms with Crippen LogP contribution in [0.1, 0.15) is 67.5 Å². The lowest BCUT2D eigenvalue weighted by Gasteiger charge is -2.20. The number of aromatic nitrogens is 1. The van der Waals surface area contributed by atoms with E-state index in [9.17, 15) is 19.6 Å². The molecule has 2 fully saturated rings. The number of amides is 2. The van der Waals surface area contributed by atoms with Crippen molar-refractivity contribution in [3.63, 3.8) is 0 Å². The Balaban J connectivity index is 1.40. The Morgan fingerprint density at radius 3 is 2.60 bits per heavy atom. The van der Waals surface area contributed by atoms with E-state index in [0.29, 0.717) is 11.4 Å². The lowest BCUT2D eigenvalue weighted by atomic mass is 10.1. The van der Waals surface area contributed by atoms with Gasteiger partial charge >= 0.3 is 5.97 Å². The molecule has 4 rings (SSSR count). The molecule has 2 aromatic rings. The number of esters is 1. The van der Waals surface area contributed by atoms with Crippen molar-refractivity contribution in [2.75, 3.05) is 23.4 Å². The molecule has 184 valence electrons. The predicted molar refractivity (Wildman–Crippen MR) is 132 cm³/mol. The average Bonchev–Trinajstić information content (AvgIpc) is 3.57. The van der Waals surface area contributed by atoms with Crippen LogP contribution < -0.4 is 10.2 Å². The second-order valence-corrected chi connectivity index (χ2v) is 9.40. The van der Waals surface area contributed by atoms with Crippen molar-refractivity contribution < 1.29 is 19.1 Å². The van der Waals surface area contributed by atoms with Crippen LogP contribution in [0, 0.1) is 31.1 Å². The lowest BCUT2D eigenvalue weighted by Crippen LogP contribution is -2.29. The van der Waals surface area contributed by atoms with Gasteiger partial charge in [-0.05, 0) is 50.3 Å². The normalized spacial score (nSPS) is 18.1. The van der Waals surface area contributed by atoms with Crippen molar-refractivity contribution in [3.05, 3.63) is 46.6 Å². The van der Waals surface area contributed by atoms with E-state index in [-0.39, 0.29) is 24.9 Å². The van der Waals surface area contributed by atoms with Crippen molar-refractivity contribution >= 4 is 29.3 Å². The van der Waals surface area contributed by atoms with Crippen LogP contribution in [0.2, 0.25) is 0 Å². The average molecular weight is 477 g/mol. The van der Waals surface area contributed by atoms with Gasteiger partial charge in [0.1, 0.15) is 11.9 Å². The third-order valence-electron chi connectivity index (χ3n) is 7.28. The second-order valence-electron chi connectivity index (χ2n) is 9.40. The number of benzene rings is 1. The largest absolute Gasteiger partial charge is 0.455 e. The van der Waals surface area contributed by atoms with E-state index >= 15 is 0 Å². The van der Waals surface area contributed by atoms with Gasteiger partial charge in [-0.15, -0.1) is 0 Å². The van der Waals surface area contributed by atoms with E-state index in [2.05, 4.69) is 16.0 Å². The number of hydrogen-bond donors (Lipinski definition) is 1. The first-order valence-corrected chi connectivity index (χ1v) is 12.3. The zero-order chi connectivity index (χ0) is 25.1. The van der Waals surface area contributed by atoms with Gasteiger partial charge in [0.05, 0.1) is 11.5 Å². The summed E-state index contributed by atoms with van der Waals surface area (Å²) in [5.74, 6) is -1.33. The molecule has 1 aliphatic heterocycles. The Bertz CT molecular complexity index is 1190. The number of aryl methyl sites for hydroxylation is 1. The molecule has 0 radical (unpaired) electrons. The molecule has 1 saturated carbocycles. The van der Waals surface area contributed by atoms with Gasteiger partial charge in [-0.3, -0.25) is 14.4 Å². The zero-order valence-electron chi connectivity index (χ0n) is 20.6. The highest BCUT2D eigenvalue weighted by atomic mass is 16.5. The van der Waals surface area contributed by atoms with Gasteiger partial charge < -0.3 is 19.5 Å². The number of nitrogens with one attached hydrogen (secondary N) is 1. The Labute approximate surface area is 205 Å². The topological polar surface area (TPSA) is 104 Å². The van der Waals surface area contributed by atoms with Gasteiger partial charge in [-0.25, -0.2) is 0 Å². The lowest BCUT2D eigenvalue weighted by molar-refractivity contribution is -0.151. The van der Waals surface area contributed by atoms with E-state index in [0.717, 1.165) is 54.6 Å². The number of para-hydroxylation sites is 1. The number of carbonyl (C=O) groups excluding carboxylic acids is 3. The SMILES string of the molecule is CCc1ccccc1N1CC(C(=O)OCC(=O)Nc2c(C#N)c(C)c(C)n2C2CCCC2)CC1=O. The Kier molecular flexibility index (Phi) is 7.25. The third kappa shape index (κ3) is 4.81. The molecule has 1 atom stereocenters. The first-order valence-electron chi connectivity index (χ1n) is 12.3. The summed E-state index contributed by atoms with van der Waals surface area (Å²) in [5.41, 5.74) is 4.12. The molecular formula is C27H32N4O4. The summed E-state index contributed by atoms with van der Waals surface area (Å²) >= 11 is 0. The van der Waals surface area contributed by atoms with Crippen LogP contribution in [0.15, 0.2) is 24.3 Å². The quantitative estimate of drug-likeness (QED) is 0.604. The molecule has 0 bridgehead atoms. The molecule has 1 aromatic carbocycles. The Hall–Kier alpha value is -3.60. The smallest absolute Gasteiger partial charge is 0.311 e. The minimum absolute atomic E-state index is 0.0556. The van der Waals surface area contributed by atoms with E-state index in [1.54, 1.807) is 4.90 Å². The Morgan fingerprint density at radius 1 is 1.20 bits per heavy atom. The maximum atomic E-state index is 12.7. The number of hydrogen-bond acceptors (Lipinski definition) is 5. The molecule has 1 saturated heterocycles. The van der Waals surface area contributed by atoms with E-state index in [1.165, 1.54) is 0 Å². The fourth-order valence-electron chi connectivity index (χ4n) is 5.30. The third-order valence-corrected chi connectivity index (χ3v) is 7.28. The predicted octanol–water partition coefficient (Wildman–Crippen LogP) is 4.19. The van der Waals surface area contributed by atoms with Crippen LogP contribution >= 0.6 is 0 Å². The molecule has 8 nitrogen and oxygen atoms in total. The second kappa shape index (κ2) is 10.3. The number of ether oxygens (including phenoxy) is 1. The highest BCUT2D eigenvalue weighted by Gasteiger charge is 2.37. The molecule has 8 heteroatoms. The van der Waals surface area contributed by atoms with E-state index < -0.39 is 24.4 Å². The standard InChI is InChI=1S/C27H32N4O4/c1-4-19-9-5-8-12-23(19)30-15-20(13-25(30)33)27(34)35-16-24(32)29-26-22(14-28)17(2)18(3)31(26)21-10-6-7-11-21/h5,8-9,12,20-21H,4,6-7,10-11,13,15-16H2,1-3H3,(H,29,32). The number of anilines is 2. The molecule has 2 amide bonds. The molecule has 1 aliphatic carbocycles.